The molecule has 0 bridgehead atoms. The number of carbonyl (C=O) groups excluding carboxylic acids is 1. The van der Waals surface area contributed by atoms with Crippen molar-refractivity contribution in [2.24, 2.45) is 5.73 Å². The van der Waals surface area contributed by atoms with E-state index in [2.05, 4.69) is 9.97 Å². The Hall–Kier alpha value is -2.96. The van der Waals surface area contributed by atoms with Crippen molar-refractivity contribution in [1.82, 2.24) is 9.97 Å². The lowest BCUT2D eigenvalue weighted by atomic mass is 10.0. The molecule has 1 aromatic carbocycles. The molecule has 2 heterocycles. The zero-order valence-corrected chi connectivity index (χ0v) is 11.6. The highest BCUT2D eigenvalue weighted by molar-refractivity contribution is 5.97. The zero-order chi connectivity index (χ0) is 16.6. The average Bonchev–Trinajstić information content (AvgIpc) is 2.53. The fourth-order valence-electron chi connectivity index (χ4n) is 2.25. The van der Waals surface area contributed by atoms with Crippen LogP contribution in [-0.2, 0) is 6.18 Å². The van der Waals surface area contributed by atoms with Gasteiger partial charge >= 0.3 is 6.18 Å². The number of nitrogens with two attached hydrogens (primary N) is 1. The van der Waals surface area contributed by atoms with Crippen molar-refractivity contribution >= 4 is 16.8 Å². The lowest BCUT2D eigenvalue weighted by Crippen LogP contribution is -2.12. The van der Waals surface area contributed by atoms with Crippen LogP contribution in [-0.4, -0.2) is 15.9 Å². The minimum Gasteiger partial charge on any atom is -0.364 e. The molecule has 23 heavy (non-hydrogen) atoms. The summed E-state index contributed by atoms with van der Waals surface area (Å²) in [7, 11) is 0. The van der Waals surface area contributed by atoms with E-state index in [0.717, 1.165) is 12.1 Å². The quantitative estimate of drug-likeness (QED) is 0.787. The Balaban J connectivity index is 2.24. The predicted octanol–water partition coefficient (Wildman–Crippen LogP) is 3.41. The third kappa shape index (κ3) is 2.85. The number of pyridine rings is 2. The SMILES string of the molecule is NC(=O)c1ccc2cncc(-c3cccc(C(F)(F)F)c3)c2n1. The summed E-state index contributed by atoms with van der Waals surface area (Å²) in [5, 5.41) is 0.602. The molecule has 0 aliphatic rings. The second-order valence-corrected chi connectivity index (χ2v) is 4.90. The third-order valence-corrected chi connectivity index (χ3v) is 3.35. The number of amides is 1. The van der Waals surface area contributed by atoms with E-state index in [-0.39, 0.29) is 5.69 Å². The van der Waals surface area contributed by atoms with Crippen molar-refractivity contribution in [3.05, 3.63) is 60.0 Å². The van der Waals surface area contributed by atoms with Crippen molar-refractivity contribution in [2.75, 3.05) is 0 Å². The number of hydrogen-bond donors (Lipinski definition) is 1. The van der Waals surface area contributed by atoms with E-state index in [1.807, 2.05) is 0 Å². The van der Waals surface area contributed by atoms with Gasteiger partial charge in [-0.3, -0.25) is 9.78 Å². The minimum absolute atomic E-state index is 0.0388. The monoisotopic (exact) mass is 317 g/mol. The summed E-state index contributed by atoms with van der Waals surface area (Å²) >= 11 is 0. The minimum atomic E-state index is -4.44. The van der Waals surface area contributed by atoms with Crippen molar-refractivity contribution in [1.29, 1.82) is 0 Å². The van der Waals surface area contributed by atoms with Crippen LogP contribution in [0.25, 0.3) is 22.0 Å². The van der Waals surface area contributed by atoms with E-state index in [4.69, 9.17) is 5.73 Å². The number of carbonyl (C=O) groups is 1. The van der Waals surface area contributed by atoms with Gasteiger partial charge in [-0.25, -0.2) is 4.98 Å². The van der Waals surface area contributed by atoms with Gasteiger partial charge in [0.15, 0.2) is 0 Å². The zero-order valence-electron chi connectivity index (χ0n) is 11.6. The van der Waals surface area contributed by atoms with Crippen LogP contribution in [0.15, 0.2) is 48.8 Å². The molecule has 7 heteroatoms. The number of hydrogen-bond acceptors (Lipinski definition) is 3. The standard InChI is InChI=1S/C16H10F3N3O/c17-16(18,19)11-3-1-2-9(6-11)12-8-21-7-10-4-5-13(15(20)23)22-14(10)12/h1-8H,(H2,20,23). The largest absolute Gasteiger partial charge is 0.416 e. The molecule has 3 aromatic rings. The van der Waals surface area contributed by atoms with Gasteiger partial charge in [0.05, 0.1) is 11.1 Å². The van der Waals surface area contributed by atoms with E-state index < -0.39 is 17.6 Å². The van der Waals surface area contributed by atoms with Crippen molar-refractivity contribution in [2.45, 2.75) is 6.18 Å². The Morgan fingerprint density at radius 3 is 2.57 bits per heavy atom. The molecule has 4 nitrogen and oxygen atoms in total. The summed E-state index contributed by atoms with van der Waals surface area (Å²) < 4.78 is 38.6. The van der Waals surface area contributed by atoms with Crippen molar-refractivity contribution in [3.8, 4) is 11.1 Å². The van der Waals surface area contributed by atoms with Gasteiger partial charge in [0.1, 0.15) is 5.69 Å². The number of aromatic nitrogens is 2. The van der Waals surface area contributed by atoms with E-state index >= 15 is 0 Å². The molecule has 0 atom stereocenters. The number of benzene rings is 1. The van der Waals surface area contributed by atoms with Gasteiger partial charge in [0.25, 0.3) is 5.91 Å². The fourth-order valence-corrected chi connectivity index (χ4v) is 2.25. The van der Waals surface area contributed by atoms with Crippen LogP contribution in [0.3, 0.4) is 0 Å². The van der Waals surface area contributed by atoms with Gasteiger partial charge in [-0.05, 0) is 29.8 Å². The molecule has 0 spiro atoms. The Morgan fingerprint density at radius 2 is 1.87 bits per heavy atom. The van der Waals surface area contributed by atoms with Gasteiger partial charge in [0.2, 0.25) is 0 Å². The van der Waals surface area contributed by atoms with Gasteiger partial charge in [-0.1, -0.05) is 12.1 Å². The molecule has 2 N–H and O–H groups in total. The fraction of sp³-hybridized carbons (Fsp3) is 0.0625. The van der Waals surface area contributed by atoms with Crippen molar-refractivity contribution in [3.63, 3.8) is 0 Å². The Labute approximate surface area is 128 Å². The Kier molecular flexibility index (Phi) is 3.48. The first-order valence-electron chi connectivity index (χ1n) is 6.58. The number of primary amides is 1. The molecule has 1 amide bonds. The van der Waals surface area contributed by atoms with Gasteiger partial charge in [-0.15, -0.1) is 0 Å². The summed E-state index contributed by atoms with van der Waals surface area (Å²) in [6.45, 7) is 0. The van der Waals surface area contributed by atoms with Crippen LogP contribution in [0.2, 0.25) is 0 Å². The molecule has 0 aliphatic carbocycles. The first-order valence-corrected chi connectivity index (χ1v) is 6.58. The molecule has 2 aromatic heterocycles. The number of alkyl halides is 3. The Morgan fingerprint density at radius 1 is 1.09 bits per heavy atom. The molecular formula is C16H10F3N3O. The lowest BCUT2D eigenvalue weighted by molar-refractivity contribution is -0.137. The topological polar surface area (TPSA) is 68.9 Å². The number of rotatable bonds is 2. The summed E-state index contributed by atoms with van der Waals surface area (Å²) in [4.78, 5) is 19.4. The smallest absolute Gasteiger partial charge is 0.364 e. The van der Waals surface area contributed by atoms with E-state index in [0.29, 0.717) is 22.0 Å². The maximum Gasteiger partial charge on any atom is 0.416 e. The maximum absolute atomic E-state index is 12.9. The second-order valence-electron chi connectivity index (χ2n) is 4.90. The van der Waals surface area contributed by atoms with Crippen LogP contribution in [0.4, 0.5) is 13.2 Å². The summed E-state index contributed by atoms with van der Waals surface area (Å²) in [6, 6.07) is 7.91. The van der Waals surface area contributed by atoms with Gasteiger partial charge in [-0.2, -0.15) is 13.2 Å². The van der Waals surface area contributed by atoms with Crippen molar-refractivity contribution < 1.29 is 18.0 Å². The molecule has 0 saturated heterocycles. The normalized spacial score (nSPS) is 11.6. The van der Waals surface area contributed by atoms with Crippen LogP contribution in [0.5, 0.6) is 0 Å². The first-order chi connectivity index (χ1) is 10.9. The summed E-state index contributed by atoms with van der Waals surface area (Å²) in [5.41, 5.74) is 5.56. The summed E-state index contributed by atoms with van der Waals surface area (Å²) in [5.74, 6) is -0.710. The van der Waals surface area contributed by atoms with Gasteiger partial charge in [0, 0.05) is 23.3 Å². The van der Waals surface area contributed by atoms with Crippen LogP contribution in [0.1, 0.15) is 16.1 Å². The highest BCUT2D eigenvalue weighted by Gasteiger charge is 2.30. The molecular weight excluding hydrogens is 307 g/mol. The predicted molar refractivity (Wildman–Crippen MR) is 78.5 cm³/mol. The lowest BCUT2D eigenvalue weighted by Gasteiger charge is -2.10. The molecule has 0 saturated carbocycles. The number of halogens is 3. The first kappa shape index (κ1) is 15.0. The summed E-state index contributed by atoms with van der Waals surface area (Å²) in [6.07, 6.45) is -1.51. The van der Waals surface area contributed by atoms with Gasteiger partial charge < -0.3 is 5.73 Å². The Bertz CT molecular complexity index is 906. The molecule has 0 radical (unpaired) electrons. The average molecular weight is 317 g/mol. The second kappa shape index (κ2) is 5.35. The van der Waals surface area contributed by atoms with Crippen LogP contribution < -0.4 is 5.73 Å². The van der Waals surface area contributed by atoms with Crippen LogP contribution in [0, 0.1) is 0 Å². The third-order valence-electron chi connectivity index (χ3n) is 3.35. The molecule has 3 rings (SSSR count). The maximum atomic E-state index is 12.9. The van der Waals surface area contributed by atoms with E-state index in [1.165, 1.54) is 30.6 Å². The highest BCUT2D eigenvalue weighted by Crippen LogP contribution is 2.33. The molecule has 116 valence electrons. The highest BCUT2D eigenvalue weighted by atomic mass is 19.4. The van der Waals surface area contributed by atoms with E-state index in [1.54, 1.807) is 6.07 Å². The molecule has 0 unspecified atom stereocenters. The number of nitrogens with zero attached hydrogens (tertiary/aromatic N) is 2. The van der Waals surface area contributed by atoms with Crippen LogP contribution >= 0.6 is 0 Å². The molecule has 0 aliphatic heterocycles. The number of fused-ring (bicyclic) bond motifs is 1. The molecule has 0 fully saturated rings. The van der Waals surface area contributed by atoms with E-state index in [9.17, 15) is 18.0 Å².